The number of benzene rings is 3. The Morgan fingerprint density at radius 1 is 0.861 bits per heavy atom. The smallest absolute Gasteiger partial charge is 0.322 e. The molecule has 1 aliphatic heterocycles. The molecular weight excluding hydrogens is 469 g/mol. The number of carbonyl (C=O) groups is 5. The molecule has 0 saturated carbocycles. The molecule has 1 saturated heterocycles. The van der Waals surface area contributed by atoms with E-state index < -0.39 is 35.5 Å². The monoisotopic (exact) mass is 487 g/mol. The van der Waals surface area contributed by atoms with Crippen molar-refractivity contribution in [2.75, 3.05) is 10.2 Å². The number of hydrogen-bond donors (Lipinski definition) is 3. The van der Waals surface area contributed by atoms with Gasteiger partial charge in [0.2, 0.25) is 5.91 Å². The molecule has 0 unspecified atom stereocenters. The quantitative estimate of drug-likeness (QED) is 0.279. The molecule has 3 aromatic rings. The second-order valence-corrected chi connectivity index (χ2v) is 7.51. The summed E-state index contributed by atoms with van der Waals surface area (Å²) in [5.74, 6) is -5.35. The predicted octanol–water partition coefficient (Wildman–Crippen LogP) is 2.69. The number of hydrazone groups is 1. The Hall–Kier alpha value is -5.19. The molecule has 1 atom stereocenters. The van der Waals surface area contributed by atoms with Crippen LogP contribution < -0.4 is 21.0 Å². The summed E-state index contributed by atoms with van der Waals surface area (Å²) in [6, 6.07) is 18.5. The molecule has 3 aromatic carbocycles. The number of nitrogens with one attached hydrogen (secondary N) is 3. The standard InChI is InChI=1S/C25H18FN5O5/c26-19-8-4-5-9-20(19)31-24(35)18(23(34)29-25(31)36)14-27-30-22(33)16-10-12-17(13-11-16)28-21(32)15-6-2-1-3-7-15/h1-14,18H,(H,28,32)(H,30,33)(H,29,34,36)/b27-14-/t18-/m1/s1. The first-order valence-electron chi connectivity index (χ1n) is 10.6. The maximum Gasteiger partial charge on any atom is 0.335 e. The van der Waals surface area contributed by atoms with Crippen LogP contribution in [0.4, 0.5) is 20.6 Å². The third-order valence-corrected chi connectivity index (χ3v) is 5.13. The highest BCUT2D eigenvalue weighted by Gasteiger charge is 2.41. The number of halogens is 1. The van der Waals surface area contributed by atoms with Crippen molar-refractivity contribution in [2.24, 2.45) is 11.0 Å². The Balaban J connectivity index is 1.39. The first-order chi connectivity index (χ1) is 17.3. The van der Waals surface area contributed by atoms with Crippen molar-refractivity contribution in [3.8, 4) is 0 Å². The van der Waals surface area contributed by atoms with Crippen molar-refractivity contribution in [1.82, 2.24) is 10.7 Å². The number of amides is 6. The van der Waals surface area contributed by atoms with Crippen molar-refractivity contribution < 1.29 is 28.4 Å². The minimum absolute atomic E-state index is 0.187. The summed E-state index contributed by atoms with van der Waals surface area (Å²) in [7, 11) is 0. The van der Waals surface area contributed by atoms with E-state index in [2.05, 4.69) is 15.8 Å². The lowest BCUT2D eigenvalue weighted by atomic mass is 10.1. The third-order valence-electron chi connectivity index (χ3n) is 5.13. The normalized spacial score (nSPS) is 15.5. The summed E-state index contributed by atoms with van der Waals surface area (Å²) in [5, 5.41) is 8.32. The lowest BCUT2D eigenvalue weighted by Gasteiger charge is -2.28. The Morgan fingerprint density at radius 2 is 1.50 bits per heavy atom. The van der Waals surface area contributed by atoms with Crippen molar-refractivity contribution >= 4 is 47.2 Å². The Bertz CT molecular complexity index is 1380. The van der Waals surface area contributed by atoms with Crippen molar-refractivity contribution in [2.45, 2.75) is 0 Å². The highest BCUT2D eigenvalue weighted by atomic mass is 19.1. The van der Waals surface area contributed by atoms with Gasteiger partial charge in [0.25, 0.3) is 17.7 Å². The van der Waals surface area contributed by atoms with E-state index in [0.717, 1.165) is 12.3 Å². The molecule has 0 radical (unpaired) electrons. The summed E-state index contributed by atoms with van der Waals surface area (Å²) in [4.78, 5) is 62.1. The molecule has 180 valence electrons. The molecule has 0 aliphatic carbocycles. The summed E-state index contributed by atoms with van der Waals surface area (Å²) in [5.41, 5.74) is 2.99. The zero-order valence-electron chi connectivity index (χ0n) is 18.5. The number of urea groups is 1. The number of para-hydroxylation sites is 1. The highest BCUT2D eigenvalue weighted by molar-refractivity contribution is 6.32. The molecule has 6 amide bonds. The number of nitrogens with zero attached hydrogens (tertiary/aromatic N) is 2. The zero-order valence-corrected chi connectivity index (χ0v) is 18.5. The van der Waals surface area contributed by atoms with E-state index >= 15 is 0 Å². The molecule has 36 heavy (non-hydrogen) atoms. The van der Waals surface area contributed by atoms with Gasteiger partial charge in [-0.2, -0.15) is 5.10 Å². The van der Waals surface area contributed by atoms with Crippen LogP contribution in [0.5, 0.6) is 0 Å². The zero-order chi connectivity index (χ0) is 25.7. The fraction of sp³-hybridized carbons (Fsp3) is 0.0400. The number of barbiturate groups is 1. The van der Waals surface area contributed by atoms with E-state index in [0.29, 0.717) is 16.2 Å². The van der Waals surface area contributed by atoms with Crippen LogP contribution in [0.15, 0.2) is 84.0 Å². The summed E-state index contributed by atoms with van der Waals surface area (Å²) in [6.07, 6.45) is 0.851. The molecule has 4 rings (SSSR count). The highest BCUT2D eigenvalue weighted by Crippen LogP contribution is 2.23. The second-order valence-electron chi connectivity index (χ2n) is 7.51. The minimum Gasteiger partial charge on any atom is -0.322 e. The second kappa shape index (κ2) is 10.4. The largest absolute Gasteiger partial charge is 0.335 e. The molecule has 0 aromatic heterocycles. The van der Waals surface area contributed by atoms with Gasteiger partial charge < -0.3 is 5.32 Å². The van der Waals surface area contributed by atoms with Gasteiger partial charge in [0.15, 0.2) is 5.92 Å². The number of hydrogen-bond acceptors (Lipinski definition) is 6. The fourth-order valence-corrected chi connectivity index (χ4v) is 3.32. The number of anilines is 2. The Morgan fingerprint density at radius 3 is 2.19 bits per heavy atom. The van der Waals surface area contributed by atoms with Crippen LogP contribution in [0.2, 0.25) is 0 Å². The van der Waals surface area contributed by atoms with Crippen LogP contribution >= 0.6 is 0 Å². The van der Waals surface area contributed by atoms with E-state index in [1.54, 1.807) is 30.3 Å². The van der Waals surface area contributed by atoms with Gasteiger partial charge in [-0.25, -0.2) is 19.5 Å². The van der Waals surface area contributed by atoms with E-state index in [-0.39, 0.29) is 17.2 Å². The maximum absolute atomic E-state index is 14.1. The van der Waals surface area contributed by atoms with Crippen molar-refractivity contribution in [3.63, 3.8) is 0 Å². The average molecular weight is 487 g/mol. The van der Waals surface area contributed by atoms with Gasteiger partial charge in [-0.05, 0) is 48.5 Å². The van der Waals surface area contributed by atoms with Gasteiger partial charge in [0.1, 0.15) is 5.82 Å². The van der Waals surface area contributed by atoms with E-state index in [9.17, 15) is 28.4 Å². The van der Waals surface area contributed by atoms with Gasteiger partial charge in [-0.15, -0.1) is 0 Å². The Labute approximate surface area is 203 Å². The van der Waals surface area contributed by atoms with Crippen LogP contribution in [0, 0.1) is 11.7 Å². The summed E-state index contributed by atoms with van der Waals surface area (Å²) < 4.78 is 14.1. The van der Waals surface area contributed by atoms with Crippen LogP contribution in [-0.4, -0.2) is 35.9 Å². The first-order valence-corrected chi connectivity index (χ1v) is 10.6. The average Bonchev–Trinajstić information content (AvgIpc) is 2.88. The van der Waals surface area contributed by atoms with Crippen molar-refractivity contribution in [1.29, 1.82) is 0 Å². The van der Waals surface area contributed by atoms with Gasteiger partial charge in [0.05, 0.1) is 5.69 Å². The molecule has 1 heterocycles. The third kappa shape index (κ3) is 5.14. The molecular formula is C25H18FN5O5. The lowest BCUT2D eigenvalue weighted by molar-refractivity contribution is -0.131. The predicted molar refractivity (Wildman–Crippen MR) is 128 cm³/mol. The van der Waals surface area contributed by atoms with Gasteiger partial charge in [0, 0.05) is 23.0 Å². The van der Waals surface area contributed by atoms with Gasteiger partial charge in [-0.3, -0.25) is 24.5 Å². The number of carbonyl (C=O) groups excluding carboxylic acids is 5. The van der Waals surface area contributed by atoms with Crippen LogP contribution in [0.1, 0.15) is 20.7 Å². The van der Waals surface area contributed by atoms with Crippen LogP contribution in [-0.2, 0) is 9.59 Å². The molecule has 1 aliphatic rings. The van der Waals surface area contributed by atoms with Crippen LogP contribution in [0.25, 0.3) is 0 Å². The number of imide groups is 2. The Kier molecular flexibility index (Phi) is 6.91. The summed E-state index contributed by atoms with van der Waals surface area (Å²) >= 11 is 0. The molecule has 3 N–H and O–H groups in total. The minimum atomic E-state index is -1.57. The molecule has 11 heteroatoms. The SMILES string of the molecule is O=C(N/N=C\[C@@H]1C(=O)NC(=O)N(c2ccccc2F)C1=O)c1ccc(NC(=O)c2ccccc2)cc1. The summed E-state index contributed by atoms with van der Waals surface area (Å²) in [6.45, 7) is 0. The van der Waals surface area contributed by atoms with Crippen LogP contribution in [0.3, 0.4) is 0 Å². The first kappa shape index (κ1) is 24.0. The molecule has 10 nitrogen and oxygen atoms in total. The van der Waals surface area contributed by atoms with Gasteiger partial charge >= 0.3 is 6.03 Å². The van der Waals surface area contributed by atoms with E-state index in [4.69, 9.17) is 0 Å². The topological polar surface area (TPSA) is 137 Å². The van der Waals surface area contributed by atoms with Crippen molar-refractivity contribution in [3.05, 3.63) is 95.8 Å². The van der Waals surface area contributed by atoms with Gasteiger partial charge in [-0.1, -0.05) is 30.3 Å². The lowest BCUT2D eigenvalue weighted by Crippen LogP contribution is -2.59. The van der Waals surface area contributed by atoms with E-state index in [1.165, 1.54) is 42.5 Å². The molecule has 0 bridgehead atoms. The fourth-order valence-electron chi connectivity index (χ4n) is 3.32. The molecule has 0 spiro atoms. The maximum atomic E-state index is 14.1. The number of rotatable bonds is 6. The van der Waals surface area contributed by atoms with E-state index in [1.807, 2.05) is 5.32 Å². The molecule has 1 fully saturated rings.